The average molecular weight is 1020 g/mol. The molecule has 1 aliphatic rings. The molecule has 0 aliphatic carbocycles. The first-order valence-electron chi connectivity index (χ1n) is 27.3. The summed E-state index contributed by atoms with van der Waals surface area (Å²) in [5.74, 6) is 0.852. The fourth-order valence-electron chi connectivity index (χ4n) is 13.8. The summed E-state index contributed by atoms with van der Waals surface area (Å²) in [7, 11) is -1.38. The van der Waals surface area contributed by atoms with Crippen LogP contribution < -0.4 is 30.4 Å². The van der Waals surface area contributed by atoms with Crippen LogP contribution in [-0.2, 0) is 0 Å². The van der Waals surface area contributed by atoms with Gasteiger partial charge in [0.15, 0.2) is 8.07 Å². The fourth-order valence-corrected chi connectivity index (χ4v) is 18.9. The number of anilines is 3. The van der Waals surface area contributed by atoms with Crippen LogP contribution in [-0.4, -0.2) is 19.8 Å². The van der Waals surface area contributed by atoms with Gasteiger partial charge >= 0.3 is 0 Å². The van der Waals surface area contributed by atoms with Crippen LogP contribution in [0.25, 0.3) is 104 Å². The summed E-state index contributed by atoms with van der Waals surface area (Å²) in [5, 5.41) is 20.1. The molecular weight excluding hydrogens is 973 g/mol. The first kappa shape index (κ1) is 45.2. The zero-order valence-electron chi connectivity index (χ0n) is 43.4. The number of hydrogen-bond acceptors (Lipinski definition) is 2. The van der Waals surface area contributed by atoms with Crippen molar-refractivity contribution in [3.8, 4) is 33.7 Å². The minimum absolute atomic E-state index is 0.852. The number of methoxy groups -OCH3 is 1. The molecule has 0 amide bonds. The Bertz CT molecular complexity index is 4880. The van der Waals surface area contributed by atoms with Crippen molar-refractivity contribution in [1.82, 2.24) is 4.57 Å². The van der Waals surface area contributed by atoms with Crippen LogP contribution in [0.15, 0.2) is 285 Å². The highest BCUT2D eigenvalue weighted by Gasteiger charge is 2.49. The van der Waals surface area contributed by atoms with Crippen molar-refractivity contribution in [2.75, 3.05) is 12.0 Å². The van der Waals surface area contributed by atoms with Crippen molar-refractivity contribution < 1.29 is 4.74 Å². The maximum absolute atomic E-state index is 5.85. The summed E-state index contributed by atoms with van der Waals surface area (Å²) in [6.45, 7) is 0. The van der Waals surface area contributed by atoms with Crippen LogP contribution in [0, 0.1) is 0 Å². The number of rotatable bonds is 7. The van der Waals surface area contributed by atoms with Crippen LogP contribution in [0.1, 0.15) is 0 Å². The Morgan fingerprint density at radius 2 is 0.759 bits per heavy atom. The summed E-state index contributed by atoms with van der Waals surface area (Å²) in [6.07, 6.45) is 0. The number of para-hydroxylation sites is 2. The molecule has 0 saturated heterocycles. The van der Waals surface area contributed by atoms with Crippen LogP contribution in [0.5, 0.6) is 5.75 Å². The van der Waals surface area contributed by atoms with E-state index in [2.05, 4.69) is 295 Å². The van der Waals surface area contributed by atoms with E-state index < -0.39 is 8.07 Å². The molecule has 16 rings (SSSR count). The molecule has 4 heteroatoms. The molecular formula is C75H50N2OSi. The van der Waals surface area contributed by atoms with Crippen LogP contribution in [0.2, 0.25) is 0 Å². The first-order chi connectivity index (χ1) is 39.2. The molecule has 0 saturated carbocycles. The number of fused-ring (bicyclic) bond motifs is 13. The second kappa shape index (κ2) is 17.8. The maximum Gasteiger partial charge on any atom is 0.184 e. The minimum Gasteiger partial charge on any atom is -0.497 e. The molecule has 3 nitrogen and oxygen atoms in total. The molecule has 0 radical (unpaired) electrons. The number of hydrogen-bond donors (Lipinski definition) is 0. The van der Waals surface area contributed by atoms with E-state index in [1.165, 1.54) is 119 Å². The monoisotopic (exact) mass is 1020 g/mol. The standard InChI is InChI=1S/C75H50N2OSi/c1-78-53-40-42-58-62(44-53)56-33-17-18-34-57(56)63-45-65-66-47-73-71(48-70(66)76(69(65)46-64(58)63)51-27-11-4-12-28-51)77(68-37-21-22-38-72(68)79(73,54-29-13-5-14-30-54)55-31-15-6-16-32-55)52-39-41-61-67(43-52)75(50-25-9-3-10-26-50)60-36-20-19-35-59(60)74(61)49-23-7-2-8-24-49/h2-48H,1H3. The molecule has 2 heterocycles. The van der Waals surface area contributed by atoms with Gasteiger partial charge in [0, 0.05) is 33.5 Å². The number of aromatic nitrogens is 1. The molecule has 0 unspecified atom stereocenters. The average Bonchev–Trinajstić information content (AvgIpc) is 4.04. The van der Waals surface area contributed by atoms with Gasteiger partial charge in [-0.15, -0.1) is 0 Å². The lowest BCUT2D eigenvalue weighted by Gasteiger charge is -2.45. The van der Waals surface area contributed by atoms with Gasteiger partial charge < -0.3 is 14.2 Å². The molecule has 15 aromatic rings. The molecule has 14 aromatic carbocycles. The van der Waals surface area contributed by atoms with Crippen LogP contribution >= 0.6 is 0 Å². The van der Waals surface area contributed by atoms with E-state index in [1.54, 1.807) is 7.11 Å². The van der Waals surface area contributed by atoms with Gasteiger partial charge in [-0.1, -0.05) is 218 Å². The Labute approximate surface area is 459 Å². The third-order valence-corrected chi connectivity index (χ3v) is 21.9. The largest absolute Gasteiger partial charge is 0.497 e. The third-order valence-electron chi connectivity index (χ3n) is 17.1. The third kappa shape index (κ3) is 6.65. The van der Waals surface area contributed by atoms with Gasteiger partial charge in [-0.05, 0) is 164 Å². The summed E-state index contributed by atoms with van der Waals surface area (Å²) in [5.41, 5.74) is 11.8. The zero-order chi connectivity index (χ0) is 52.2. The molecule has 0 atom stereocenters. The highest BCUT2D eigenvalue weighted by atomic mass is 28.3. The van der Waals surface area contributed by atoms with Gasteiger partial charge in [0.1, 0.15) is 5.75 Å². The summed E-state index contributed by atoms with van der Waals surface area (Å²) < 4.78 is 8.37. The Balaban J connectivity index is 1.08. The molecule has 370 valence electrons. The normalized spacial score (nSPS) is 12.9. The second-order valence-electron chi connectivity index (χ2n) is 21.0. The van der Waals surface area contributed by atoms with Crippen molar-refractivity contribution in [3.05, 3.63) is 285 Å². The predicted molar refractivity (Wildman–Crippen MR) is 338 cm³/mol. The highest BCUT2D eigenvalue weighted by Crippen LogP contribution is 2.49. The van der Waals surface area contributed by atoms with E-state index in [4.69, 9.17) is 4.74 Å². The predicted octanol–water partition coefficient (Wildman–Crippen LogP) is 17.1. The van der Waals surface area contributed by atoms with E-state index in [0.29, 0.717) is 0 Å². The number of nitrogens with zero attached hydrogens (tertiary/aromatic N) is 2. The number of benzene rings is 14. The van der Waals surface area contributed by atoms with Crippen LogP contribution in [0.4, 0.5) is 17.1 Å². The highest BCUT2D eigenvalue weighted by molar-refractivity contribution is 7.21. The molecule has 1 aliphatic heterocycles. The van der Waals surface area contributed by atoms with Crippen LogP contribution in [0.3, 0.4) is 0 Å². The van der Waals surface area contributed by atoms with Crippen molar-refractivity contribution in [3.63, 3.8) is 0 Å². The van der Waals surface area contributed by atoms with Gasteiger partial charge in [-0.3, -0.25) is 0 Å². The van der Waals surface area contributed by atoms with Gasteiger partial charge in [0.2, 0.25) is 0 Å². The lowest BCUT2D eigenvalue weighted by molar-refractivity contribution is 0.415. The summed E-state index contributed by atoms with van der Waals surface area (Å²) in [4.78, 5) is 2.60. The van der Waals surface area contributed by atoms with Crippen molar-refractivity contribution in [1.29, 1.82) is 0 Å². The van der Waals surface area contributed by atoms with Gasteiger partial charge in [0.05, 0.1) is 18.1 Å². The van der Waals surface area contributed by atoms with E-state index in [-0.39, 0.29) is 0 Å². The second-order valence-corrected chi connectivity index (χ2v) is 24.8. The molecule has 0 fully saturated rings. The molecule has 0 N–H and O–H groups in total. The number of ether oxygens (including phenoxy) is 1. The van der Waals surface area contributed by atoms with E-state index >= 15 is 0 Å². The summed E-state index contributed by atoms with van der Waals surface area (Å²) >= 11 is 0. The van der Waals surface area contributed by atoms with Gasteiger partial charge in [0.25, 0.3) is 0 Å². The van der Waals surface area contributed by atoms with Crippen molar-refractivity contribution in [2.45, 2.75) is 0 Å². The molecule has 0 bridgehead atoms. The van der Waals surface area contributed by atoms with Gasteiger partial charge in [-0.2, -0.15) is 0 Å². The molecule has 0 spiro atoms. The Kier molecular flexibility index (Phi) is 10.2. The van der Waals surface area contributed by atoms with E-state index in [1.807, 2.05) is 0 Å². The van der Waals surface area contributed by atoms with Crippen molar-refractivity contribution >= 4 is 122 Å². The Morgan fingerprint density at radius 3 is 1.39 bits per heavy atom. The topological polar surface area (TPSA) is 17.4 Å². The lowest BCUT2D eigenvalue weighted by Crippen LogP contribution is -2.77. The smallest absolute Gasteiger partial charge is 0.184 e. The zero-order valence-corrected chi connectivity index (χ0v) is 44.4. The Morgan fingerprint density at radius 1 is 0.291 bits per heavy atom. The summed E-state index contributed by atoms with van der Waals surface area (Å²) in [6, 6.07) is 107. The Hall–Kier alpha value is -10.0. The van der Waals surface area contributed by atoms with Crippen molar-refractivity contribution in [2.24, 2.45) is 0 Å². The molecule has 1 aromatic heterocycles. The minimum atomic E-state index is -3.14. The van der Waals surface area contributed by atoms with E-state index in [9.17, 15) is 0 Å². The quantitative estimate of drug-likeness (QED) is 0.0899. The lowest BCUT2D eigenvalue weighted by atomic mass is 9.85. The fraction of sp³-hybridized carbons (Fsp3) is 0.0133. The SMILES string of the molecule is COc1ccc2c(c1)c1ccccc1c1cc3c4cc5c(cc4n(-c4ccccc4)c3cc21)N(c1ccc2c(-c3ccccc3)c3ccccc3c(-c3ccccc3)c2c1)c1ccccc1[Si]5(c1ccccc1)c1ccccc1. The van der Waals surface area contributed by atoms with E-state index in [0.717, 1.165) is 28.2 Å². The molecule has 79 heavy (non-hydrogen) atoms. The van der Waals surface area contributed by atoms with Gasteiger partial charge in [-0.25, -0.2) is 0 Å². The maximum atomic E-state index is 5.85. The first-order valence-corrected chi connectivity index (χ1v) is 29.3.